The van der Waals surface area contributed by atoms with Crippen molar-refractivity contribution in [1.29, 1.82) is 0 Å². The average Bonchev–Trinajstić information content (AvgIpc) is 2.40. The summed E-state index contributed by atoms with van der Waals surface area (Å²) in [5, 5.41) is 0. The number of methoxy groups -OCH3 is 1. The average molecular weight is 262 g/mol. The molecule has 2 rings (SSSR count). The van der Waals surface area contributed by atoms with Gasteiger partial charge in [0.05, 0.1) is 12.8 Å². The molecule has 1 atom stereocenters. The first kappa shape index (κ1) is 14.0. The highest BCUT2D eigenvalue weighted by atomic mass is 16.5. The number of likely N-dealkylation sites (tertiary alicyclic amines) is 1. The third-order valence-corrected chi connectivity index (χ3v) is 3.70. The molecule has 1 saturated heterocycles. The SMILES string of the molecule is CCC1CN(Cc2cc(OC)cc(C)n2)CCC1=O. The first-order chi connectivity index (χ1) is 9.12. The number of pyridine rings is 1. The monoisotopic (exact) mass is 262 g/mol. The summed E-state index contributed by atoms with van der Waals surface area (Å²) < 4.78 is 5.27. The molecular formula is C15H22N2O2. The number of ketones is 1. The van der Waals surface area contributed by atoms with Crippen LogP contribution in [-0.2, 0) is 11.3 Å². The molecular weight excluding hydrogens is 240 g/mol. The van der Waals surface area contributed by atoms with Crippen molar-refractivity contribution in [2.24, 2.45) is 5.92 Å². The first-order valence-corrected chi connectivity index (χ1v) is 6.89. The Labute approximate surface area is 114 Å². The third kappa shape index (κ3) is 3.53. The molecule has 0 bridgehead atoms. The lowest BCUT2D eigenvalue weighted by Crippen LogP contribution is -2.40. The Morgan fingerprint density at radius 2 is 2.26 bits per heavy atom. The van der Waals surface area contributed by atoms with Gasteiger partial charge >= 0.3 is 0 Å². The van der Waals surface area contributed by atoms with E-state index in [0.717, 1.165) is 43.2 Å². The lowest BCUT2D eigenvalue weighted by atomic mass is 9.94. The van der Waals surface area contributed by atoms with Gasteiger partial charge in [0.25, 0.3) is 0 Å². The molecule has 0 aliphatic carbocycles. The molecule has 1 aromatic heterocycles. The van der Waals surface area contributed by atoms with Gasteiger partial charge in [0, 0.05) is 49.8 Å². The summed E-state index contributed by atoms with van der Waals surface area (Å²) in [5.41, 5.74) is 1.98. The van der Waals surface area contributed by atoms with Crippen molar-refractivity contribution < 1.29 is 9.53 Å². The predicted molar refractivity (Wildman–Crippen MR) is 74.2 cm³/mol. The standard InChI is InChI=1S/C15H22N2O2/c1-4-12-9-17(6-5-15(12)18)10-13-8-14(19-3)7-11(2)16-13/h7-8,12H,4-6,9-10H2,1-3H3. The molecule has 1 fully saturated rings. The molecule has 104 valence electrons. The van der Waals surface area contributed by atoms with E-state index in [4.69, 9.17) is 4.74 Å². The van der Waals surface area contributed by atoms with Gasteiger partial charge < -0.3 is 4.74 Å². The topological polar surface area (TPSA) is 42.4 Å². The minimum absolute atomic E-state index is 0.195. The van der Waals surface area contributed by atoms with Crippen molar-refractivity contribution in [2.75, 3.05) is 20.2 Å². The molecule has 19 heavy (non-hydrogen) atoms. The van der Waals surface area contributed by atoms with Crippen LogP contribution in [0.25, 0.3) is 0 Å². The molecule has 0 N–H and O–H groups in total. The highest BCUT2D eigenvalue weighted by Crippen LogP contribution is 2.20. The van der Waals surface area contributed by atoms with Crippen LogP contribution in [0.5, 0.6) is 5.75 Å². The van der Waals surface area contributed by atoms with E-state index in [1.807, 2.05) is 19.1 Å². The number of hydrogen-bond acceptors (Lipinski definition) is 4. The molecule has 0 spiro atoms. The summed E-state index contributed by atoms with van der Waals surface area (Å²) in [6, 6.07) is 3.91. The Hall–Kier alpha value is -1.42. The fourth-order valence-corrected chi connectivity index (χ4v) is 2.61. The largest absolute Gasteiger partial charge is 0.497 e. The van der Waals surface area contributed by atoms with Crippen molar-refractivity contribution in [3.8, 4) is 5.75 Å². The van der Waals surface area contributed by atoms with Gasteiger partial charge in [-0.25, -0.2) is 0 Å². The van der Waals surface area contributed by atoms with Crippen molar-refractivity contribution in [3.05, 3.63) is 23.5 Å². The zero-order chi connectivity index (χ0) is 13.8. The summed E-state index contributed by atoms with van der Waals surface area (Å²) >= 11 is 0. The fourth-order valence-electron chi connectivity index (χ4n) is 2.61. The van der Waals surface area contributed by atoms with Crippen LogP contribution in [0.4, 0.5) is 0 Å². The summed E-state index contributed by atoms with van der Waals surface area (Å²) in [6.07, 6.45) is 1.60. The normalized spacial score (nSPS) is 20.6. The number of carbonyl (C=O) groups is 1. The molecule has 4 nitrogen and oxygen atoms in total. The van der Waals surface area contributed by atoms with Crippen LogP contribution in [0.15, 0.2) is 12.1 Å². The van der Waals surface area contributed by atoms with Crippen LogP contribution in [0, 0.1) is 12.8 Å². The number of hydrogen-bond donors (Lipinski definition) is 0. The number of rotatable bonds is 4. The third-order valence-electron chi connectivity index (χ3n) is 3.70. The maximum absolute atomic E-state index is 11.7. The van der Waals surface area contributed by atoms with Gasteiger partial charge in [-0.2, -0.15) is 0 Å². The van der Waals surface area contributed by atoms with E-state index in [1.165, 1.54) is 0 Å². The number of aryl methyl sites for hydroxylation is 1. The molecule has 4 heteroatoms. The number of piperidine rings is 1. The molecule has 0 amide bonds. The molecule has 0 saturated carbocycles. The van der Waals surface area contributed by atoms with Gasteiger partial charge in [-0.05, 0) is 13.3 Å². The maximum atomic E-state index is 11.7. The van der Waals surface area contributed by atoms with Crippen molar-refractivity contribution >= 4 is 5.78 Å². The fraction of sp³-hybridized carbons (Fsp3) is 0.600. The van der Waals surface area contributed by atoms with Gasteiger partial charge in [0.15, 0.2) is 0 Å². The van der Waals surface area contributed by atoms with E-state index in [0.29, 0.717) is 12.2 Å². The molecule has 1 unspecified atom stereocenters. The highest BCUT2D eigenvalue weighted by Gasteiger charge is 2.25. The Balaban J connectivity index is 2.05. The minimum Gasteiger partial charge on any atom is -0.497 e. The number of ether oxygens (including phenoxy) is 1. The molecule has 2 heterocycles. The number of aromatic nitrogens is 1. The molecule has 1 aliphatic rings. The van der Waals surface area contributed by atoms with Crippen LogP contribution in [0.3, 0.4) is 0 Å². The van der Waals surface area contributed by atoms with Gasteiger partial charge in [-0.15, -0.1) is 0 Å². The molecule has 0 aromatic carbocycles. The van der Waals surface area contributed by atoms with Crippen molar-refractivity contribution in [3.63, 3.8) is 0 Å². The van der Waals surface area contributed by atoms with Gasteiger partial charge in [0.2, 0.25) is 0 Å². The Morgan fingerprint density at radius 1 is 1.47 bits per heavy atom. The Morgan fingerprint density at radius 3 is 2.95 bits per heavy atom. The number of carbonyl (C=O) groups excluding carboxylic acids is 1. The Bertz CT molecular complexity index is 459. The van der Waals surface area contributed by atoms with Crippen molar-refractivity contribution in [2.45, 2.75) is 33.2 Å². The quantitative estimate of drug-likeness (QED) is 0.834. The summed E-state index contributed by atoms with van der Waals surface area (Å²) in [6.45, 7) is 6.54. The van der Waals surface area contributed by atoms with E-state index in [-0.39, 0.29) is 5.92 Å². The second-order valence-electron chi connectivity index (χ2n) is 5.20. The van der Waals surface area contributed by atoms with E-state index in [1.54, 1.807) is 7.11 Å². The van der Waals surface area contributed by atoms with Crippen LogP contribution in [0.2, 0.25) is 0 Å². The van der Waals surface area contributed by atoms with Crippen LogP contribution in [0.1, 0.15) is 31.2 Å². The smallest absolute Gasteiger partial charge is 0.138 e. The second-order valence-corrected chi connectivity index (χ2v) is 5.20. The summed E-state index contributed by atoms with van der Waals surface area (Å²) in [4.78, 5) is 18.6. The van der Waals surface area contributed by atoms with E-state index >= 15 is 0 Å². The number of Topliss-reactive ketones (excluding diaryl/α,β-unsaturated/α-hetero) is 1. The predicted octanol–water partition coefficient (Wildman–Crippen LogP) is 2.20. The first-order valence-electron chi connectivity index (χ1n) is 6.89. The van der Waals surface area contributed by atoms with Crippen molar-refractivity contribution in [1.82, 2.24) is 9.88 Å². The lowest BCUT2D eigenvalue weighted by molar-refractivity contribution is -0.126. The highest BCUT2D eigenvalue weighted by molar-refractivity contribution is 5.82. The maximum Gasteiger partial charge on any atom is 0.138 e. The van der Waals surface area contributed by atoms with Gasteiger partial charge in [0.1, 0.15) is 11.5 Å². The van der Waals surface area contributed by atoms with Crippen LogP contribution < -0.4 is 4.74 Å². The zero-order valence-corrected chi connectivity index (χ0v) is 12.0. The van der Waals surface area contributed by atoms with Crippen LogP contribution in [-0.4, -0.2) is 35.9 Å². The number of nitrogens with zero attached hydrogens (tertiary/aromatic N) is 2. The van der Waals surface area contributed by atoms with Gasteiger partial charge in [-0.3, -0.25) is 14.7 Å². The molecule has 1 aliphatic heterocycles. The van der Waals surface area contributed by atoms with E-state index < -0.39 is 0 Å². The zero-order valence-electron chi connectivity index (χ0n) is 12.0. The minimum atomic E-state index is 0.195. The Kier molecular flexibility index (Phi) is 4.53. The second kappa shape index (κ2) is 6.15. The lowest BCUT2D eigenvalue weighted by Gasteiger charge is -2.31. The van der Waals surface area contributed by atoms with Crippen LogP contribution >= 0.6 is 0 Å². The molecule has 0 radical (unpaired) electrons. The summed E-state index contributed by atoms with van der Waals surface area (Å²) in [7, 11) is 1.67. The summed E-state index contributed by atoms with van der Waals surface area (Å²) in [5.74, 6) is 1.46. The molecule has 1 aromatic rings. The van der Waals surface area contributed by atoms with Gasteiger partial charge in [-0.1, -0.05) is 6.92 Å². The van der Waals surface area contributed by atoms with E-state index in [9.17, 15) is 4.79 Å². The van der Waals surface area contributed by atoms with E-state index in [2.05, 4.69) is 16.8 Å².